The van der Waals surface area contributed by atoms with Gasteiger partial charge in [0.25, 0.3) is 0 Å². The van der Waals surface area contributed by atoms with E-state index in [2.05, 4.69) is 39.4 Å². The Morgan fingerprint density at radius 3 is 2.74 bits per heavy atom. The SMILES string of the molecule is CC(C)CCNc1cc(-c2nc(NC3CCC(N)CC3)ncc2Cl)ccn1. The third kappa shape index (κ3) is 5.78. The lowest BCUT2D eigenvalue weighted by atomic mass is 9.92. The molecule has 2 aromatic heterocycles. The summed E-state index contributed by atoms with van der Waals surface area (Å²) in [5, 5.41) is 7.33. The Kier molecular flexibility index (Phi) is 6.85. The van der Waals surface area contributed by atoms with Crippen LogP contribution >= 0.6 is 11.6 Å². The van der Waals surface area contributed by atoms with E-state index in [1.54, 1.807) is 12.4 Å². The first-order valence-electron chi connectivity index (χ1n) is 9.76. The molecule has 1 aliphatic carbocycles. The summed E-state index contributed by atoms with van der Waals surface area (Å²) in [5.74, 6) is 2.10. The van der Waals surface area contributed by atoms with Gasteiger partial charge in [-0.3, -0.25) is 0 Å². The molecule has 7 heteroatoms. The normalized spacial score (nSPS) is 19.9. The molecule has 3 rings (SSSR count). The van der Waals surface area contributed by atoms with Crippen molar-refractivity contribution in [3.63, 3.8) is 0 Å². The molecule has 6 nitrogen and oxygen atoms in total. The van der Waals surface area contributed by atoms with Crippen molar-refractivity contribution in [3.05, 3.63) is 29.5 Å². The van der Waals surface area contributed by atoms with Gasteiger partial charge in [-0.05, 0) is 50.2 Å². The van der Waals surface area contributed by atoms with Crippen LogP contribution in [0, 0.1) is 5.92 Å². The quantitative estimate of drug-likeness (QED) is 0.654. The number of anilines is 2. The molecule has 1 saturated carbocycles. The van der Waals surface area contributed by atoms with E-state index in [0.29, 0.717) is 29.0 Å². The summed E-state index contributed by atoms with van der Waals surface area (Å²) in [6.45, 7) is 5.31. The first kappa shape index (κ1) is 19.8. The average Bonchev–Trinajstić information content (AvgIpc) is 2.65. The number of hydrogen-bond acceptors (Lipinski definition) is 6. The maximum atomic E-state index is 6.38. The summed E-state index contributed by atoms with van der Waals surface area (Å²) in [7, 11) is 0. The fourth-order valence-corrected chi connectivity index (χ4v) is 3.45. The minimum absolute atomic E-state index is 0.322. The maximum Gasteiger partial charge on any atom is 0.223 e. The summed E-state index contributed by atoms with van der Waals surface area (Å²) in [5.41, 5.74) is 7.63. The Morgan fingerprint density at radius 1 is 1.22 bits per heavy atom. The second-order valence-corrected chi connectivity index (χ2v) is 8.09. The number of nitrogens with two attached hydrogens (primary N) is 1. The number of aromatic nitrogens is 3. The molecule has 2 heterocycles. The molecular formula is C20H29ClN6. The zero-order chi connectivity index (χ0) is 19.2. The number of nitrogens with one attached hydrogen (secondary N) is 2. The Bertz CT molecular complexity index is 743. The van der Waals surface area contributed by atoms with E-state index in [1.807, 2.05) is 12.1 Å². The van der Waals surface area contributed by atoms with Crippen LogP contribution in [0.3, 0.4) is 0 Å². The Balaban J connectivity index is 1.72. The van der Waals surface area contributed by atoms with Gasteiger partial charge in [0.05, 0.1) is 16.9 Å². The zero-order valence-electron chi connectivity index (χ0n) is 16.1. The highest BCUT2D eigenvalue weighted by molar-refractivity contribution is 6.32. The standard InChI is InChI=1S/C20H29ClN6/c1-13(2)7-9-23-18-11-14(8-10-24-18)19-17(21)12-25-20(27-19)26-16-5-3-15(22)4-6-16/h8,10-13,15-16H,3-7,9,22H2,1-2H3,(H,23,24)(H,25,26,27). The highest BCUT2D eigenvalue weighted by Crippen LogP contribution is 2.28. The van der Waals surface area contributed by atoms with E-state index in [-0.39, 0.29) is 0 Å². The van der Waals surface area contributed by atoms with Crippen LogP contribution in [0.1, 0.15) is 46.0 Å². The van der Waals surface area contributed by atoms with Crippen molar-refractivity contribution in [1.82, 2.24) is 15.0 Å². The third-order valence-corrected chi connectivity index (χ3v) is 5.19. The second-order valence-electron chi connectivity index (χ2n) is 7.69. The molecule has 0 amide bonds. The topological polar surface area (TPSA) is 88.8 Å². The van der Waals surface area contributed by atoms with Gasteiger partial charge in [-0.15, -0.1) is 0 Å². The van der Waals surface area contributed by atoms with E-state index in [4.69, 9.17) is 17.3 Å². The number of pyridine rings is 1. The van der Waals surface area contributed by atoms with Crippen molar-refractivity contribution in [3.8, 4) is 11.3 Å². The smallest absolute Gasteiger partial charge is 0.223 e. The van der Waals surface area contributed by atoms with Crippen molar-refractivity contribution in [2.24, 2.45) is 11.7 Å². The van der Waals surface area contributed by atoms with Crippen molar-refractivity contribution >= 4 is 23.4 Å². The minimum Gasteiger partial charge on any atom is -0.370 e. The molecule has 4 N–H and O–H groups in total. The lowest BCUT2D eigenvalue weighted by molar-refractivity contribution is 0.410. The number of nitrogens with zero attached hydrogens (tertiary/aromatic N) is 3. The highest BCUT2D eigenvalue weighted by atomic mass is 35.5. The molecular weight excluding hydrogens is 360 g/mol. The van der Waals surface area contributed by atoms with Gasteiger partial charge in [0.15, 0.2) is 0 Å². The first-order valence-corrected chi connectivity index (χ1v) is 10.1. The van der Waals surface area contributed by atoms with Crippen molar-refractivity contribution < 1.29 is 0 Å². The summed E-state index contributed by atoms with van der Waals surface area (Å²) in [4.78, 5) is 13.4. The van der Waals surface area contributed by atoms with Crippen molar-refractivity contribution in [2.75, 3.05) is 17.2 Å². The van der Waals surface area contributed by atoms with Crippen molar-refractivity contribution in [2.45, 2.75) is 58.0 Å². The second kappa shape index (κ2) is 9.33. The molecule has 146 valence electrons. The molecule has 0 saturated heterocycles. The van der Waals surface area contributed by atoms with Crippen LogP contribution in [0.4, 0.5) is 11.8 Å². The van der Waals surface area contributed by atoms with Crippen LogP contribution < -0.4 is 16.4 Å². The van der Waals surface area contributed by atoms with E-state index in [0.717, 1.165) is 55.7 Å². The number of rotatable bonds is 7. The Hall–Kier alpha value is -1.92. The van der Waals surface area contributed by atoms with Crippen LogP contribution in [-0.4, -0.2) is 33.6 Å². The Morgan fingerprint density at radius 2 is 2.00 bits per heavy atom. The van der Waals surface area contributed by atoms with E-state index < -0.39 is 0 Å². The molecule has 0 spiro atoms. The minimum atomic E-state index is 0.322. The van der Waals surface area contributed by atoms with Crippen LogP contribution in [-0.2, 0) is 0 Å². The molecule has 27 heavy (non-hydrogen) atoms. The van der Waals surface area contributed by atoms with Crippen LogP contribution in [0.2, 0.25) is 5.02 Å². The monoisotopic (exact) mass is 388 g/mol. The fourth-order valence-electron chi connectivity index (χ4n) is 3.25. The molecule has 0 atom stereocenters. The average molecular weight is 389 g/mol. The zero-order valence-corrected chi connectivity index (χ0v) is 16.8. The van der Waals surface area contributed by atoms with Gasteiger partial charge in [-0.1, -0.05) is 25.4 Å². The molecule has 0 aromatic carbocycles. The third-order valence-electron chi connectivity index (χ3n) is 4.91. The number of halogens is 1. The number of hydrogen-bond donors (Lipinski definition) is 3. The van der Waals surface area contributed by atoms with Crippen LogP contribution in [0.5, 0.6) is 0 Å². The molecule has 0 aliphatic heterocycles. The summed E-state index contributed by atoms with van der Waals surface area (Å²) in [6.07, 6.45) is 8.69. The molecule has 1 aliphatic rings. The van der Waals surface area contributed by atoms with Crippen molar-refractivity contribution in [1.29, 1.82) is 0 Å². The van der Waals surface area contributed by atoms with Gasteiger partial charge in [0.1, 0.15) is 5.82 Å². The molecule has 0 radical (unpaired) electrons. The van der Waals surface area contributed by atoms with Gasteiger partial charge >= 0.3 is 0 Å². The van der Waals surface area contributed by atoms with E-state index in [9.17, 15) is 0 Å². The molecule has 1 fully saturated rings. The highest BCUT2D eigenvalue weighted by Gasteiger charge is 2.19. The summed E-state index contributed by atoms with van der Waals surface area (Å²) in [6, 6.07) is 4.59. The van der Waals surface area contributed by atoms with Crippen LogP contribution in [0.15, 0.2) is 24.5 Å². The van der Waals surface area contributed by atoms with Gasteiger partial charge in [0, 0.05) is 30.4 Å². The molecule has 2 aromatic rings. The van der Waals surface area contributed by atoms with Gasteiger partial charge in [-0.2, -0.15) is 0 Å². The lowest BCUT2D eigenvalue weighted by Gasteiger charge is -2.26. The van der Waals surface area contributed by atoms with Gasteiger partial charge < -0.3 is 16.4 Å². The summed E-state index contributed by atoms with van der Waals surface area (Å²) >= 11 is 6.38. The van der Waals surface area contributed by atoms with E-state index in [1.165, 1.54) is 0 Å². The maximum absolute atomic E-state index is 6.38. The summed E-state index contributed by atoms with van der Waals surface area (Å²) < 4.78 is 0. The predicted molar refractivity (Wildman–Crippen MR) is 112 cm³/mol. The van der Waals surface area contributed by atoms with E-state index >= 15 is 0 Å². The fraction of sp³-hybridized carbons (Fsp3) is 0.550. The van der Waals surface area contributed by atoms with Gasteiger partial charge in [-0.25, -0.2) is 15.0 Å². The lowest BCUT2D eigenvalue weighted by Crippen LogP contribution is -2.33. The van der Waals surface area contributed by atoms with Crippen LogP contribution in [0.25, 0.3) is 11.3 Å². The predicted octanol–water partition coefficient (Wildman–Crippen LogP) is 4.33. The molecule has 0 bridgehead atoms. The first-order chi connectivity index (χ1) is 13.0. The largest absolute Gasteiger partial charge is 0.370 e. The molecule has 0 unspecified atom stereocenters. The Labute approximate surface area is 166 Å². The van der Waals surface area contributed by atoms with Gasteiger partial charge in [0.2, 0.25) is 5.95 Å².